The van der Waals surface area contributed by atoms with Crippen LogP contribution < -0.4 is 4.90 Å². The lowest BCUT2D eigenvalue weighted by molar-refractivity contribution is -0.137. The molecule has 0 saturated carbocycles. The molecule has 0 bridgehead atoms. The number of morpholine rings is 1. The number of amides is 1. The standard InChI is InChI=1S/C23H32N2O5S2/c26-21(27)9-7-5-3-1-2-4-6-8-12-25-22(28)19(32-23(25)31)17-18-10-11-20(30-18)24-13-15-29-16-14-24/h10-11,17H,1-9,12-16H2,(H,26,27)/b19-17-. The number of unbranched alkanes of at least 4 members (excludes halogenated alkanes) is 7. The van der Waals surface area contributed by atoms with E-state index in [0.29, 0.717) is 34.7 Å². The number of thioether (sulfide) groups is 1. The third-order valence-electron chi connectivity index (χ3n) is 5.60. The Hall–Kier alpha value is -1.84. The molecule has 2 saturated heterocycles. The zero-order chi connectivity index (χ0) is 22.8. The van der Waals surface area contributed by atoms with Gasteiger partial charge in [0.2, 0.25) is 0 Å². The lowest BCUT2D eigenvalue weighted by atomic mass is 10.1. The highest BCUT2D eigenvalue weighted by Gasteiger charge is 2.31. The first-order chi connectivity index (χ1) is 15.5. The summed E-state index contributed by atoms with van der Waals surface area (Å²) in [5, 5.41) is 8.63. The van der Waals surface area contributed by atoms with Gasteiger partial charge in [-0.15, -0.1) is 0 Å². The molecule has 1 aromatic heterocycles. The minimum atomic E-state index is -0.711. The van der Waals surface area contributed by atoms with Gasteiger partial charge in [-0.05, 0) is 18.9 Å². The van der Waals surface area contributed by atoms with Crippen molar-refractivity contribution >= 4 is 52.1 Å². The summed E-state index contributed by atoms with van der Waals surface area (Å²) in [5.41, 5.74) is 0. The summed E-state index contributed by atoms with van der Waals surface area (Å²) in [4.78, 5) is 27.7. The van der Waals surface area contributed by atoms with E-state index in [0.717, 1.165) is 70.3 Å². The van der Waals surface area contributed by atoms with Crippen LogP contribution in [0.25, 0.3) is 6.08 Å². The molecule has 0 spiro atoms. The summed E-state index contributed by atoms with van der Waals surface area (Å²) < 4.78 is 11.9. The van der Waals surface area contributed by atoms with Gasteiger partial charge in [-0.25, -0.2) is 0 Å². The highest BCUT2D eigenvalue weighted by molar-refractivity contribution is 8.26. The van der Waals surface area contributed by atoms with Gasteiger partial charge in [-0.3, -0.25) is 14.5 Å². The van der Waals surface area contributed by atoms with E-state index in [1.54, 1.807) is 11.0 Å². The number of anilines is 1. The SMILES string of the molecule is O=C(O)CCCCCCCCCCN1C(=O)/C(=C/c2ccc(N3CCOCC3)o2)SC1=S. The number of thiocarbonyl (C=S) groups is 1. The number of hydrogen-bond acceptors (Lipinski definition) is 7. The van der Waals surface area contributed by atoms with Crippen molar-refractivity contribution in [3.8, 4) is 0 Å². The molecule has 3 rings (SSSR count). The van der Waals surface area contributed by atoms with Gasteiger partial charge in [-0.1, -0.05) is 62.5 Å². The lowest BCUT2D eigenvalue weighted by Gasteiger charge is -2.26. The molecule has 9 heteroatoms. The largest absolute Gasteiger partial charge is 0.481 e. The molecule has 1 aromatic rings. The van der Waals surface area contributed by atoms with Gasteiger partial charge in [0.1, 0.15) is 10.1 Å². The predicted molar refractivity (Wildman–Crippen MR) is 131 cm³/mol. The van der Waals surface area contributed by atoms with E-state index in [2.05, 4.69) is 4.90 Å². The van der Waals surface area contributed by atoms with Gasteiger partial charge in [0.05, 0.1) is 18.1 Å². The topological polar surface area (TPSA) is 83.2 Å². The van der Waals surface area contributed by atoms with Gasteiger partial charge in [0, 0.05) is 38.2 Å². The van der Waals surface area contributed by atoms with Gasteiger partial charge in [0.25, 0.3) is 5.91 Å². The van der Waals surface area contributed by atoms with Crippen molar-refractivity contribution in [2.24, 2.45) is 0 Å². The van der Waals surface area contributed by atoms with Crippen LogP contribution in [0.2, 0.25) is 0 Å². The molecule has 2 fully saturated rings. The number of rotatable bonds is 13. The minimum absolute atomic E-state index is 0.0391. The average Bonchev–Trinajstić information content (AvgIpc) is 3.35. The molecule has 32 heavy (non-hydrogen) atoms. The van der Waals surface area contributed by atoms with Gasteiger partial charge >= 0.3 is 5.97 Å². The Labute approximate surface area is 199 Å². The Morgan fingerprint density at radius 2 is 1.72 bits per heavy atom. The maximum atomic E-state index is 12.8. The number of hydrogen-bond donors (Lipinski definition) is 1. The molecule has 0 aromatic carbocycles. The van der Waals surface area contributed by atoms with Crippen molar-refractivity contribution in [3.63, 3.8) is 0 Å². The van der Waals surface area contributed by atoms with E-state index in [1.165, 1.54) is 11.8 Å². The van der Waals surface area contributed by atoms with E-state index in [-0.39, 0.29) is 12.3 Å². The average molecular weight is 481 g/mol. The number of ether oxygens (including phenoxy) is 1. The van der Waals surface area contributed by atoms with Crippen molar-refractivity contribution in [1.82, 2.24) is 4.90 Å². The van der Waals surface area contributed by atoms with E-state index in [1.807, 2.05) is 12.1 Å². The number of carbonyl (C=O) groups excluding carboxylic acids is 1. The second-order valence-corrected chi connectivity index (χ2v) is 9.76. The molecule has 176 valence electrons. The first-order valence-electron chi connectivity index (χ1n) is 11.4. The van der Waals surface area contributed by atoms with Crippen molar-refractivity contribution in [2.45, 2.75) is 57.8 Å². The molecule has 0 unspecified atom stereocenters. The molecular formula is C23H32N2O5S2. The summed E-state index contributed by atoms with van der Waals surface area (Å²) in [7, 11) is 0. The van der Waals surface area contributed by atoms with Gasteiger partial charge < -0.3 is 19.2 Å². The van der Waals surface area contributed by atoms with E-state index in [4.69, 9.17) is 26.5 Å². The zero-order valence-electron chi connectivity index (χ0n) is 18.4. The maximum Gasteiger partial charge on any atom is 0.303 e. The monoisotopic (exact) mass is 480 g/mol. The molecule has 0 aliphatic carbocycles. The molecule has 2 aliphatic rings. The summed E-state index contributed by atoms with van der Waals surface area (Å²) in [6, 6.07) is 3.82. The van der Waals surface area contributed by atoms with Crippen LogP contribution in [0.15, 0.2) is 21.5 Å². The van der Waals surface area contributed by atoms with E-state index in [9.17, 15) is 9.59 Å². The Bertz CT molecular complexity index is 817. The predicted octanol–water partition coefficient (Wildman–Crippen LogP) is 4.91. The maximum absolute atomic E-state index is 12.8. The number of carboxylic acids is 1. The highest BCUT2D eigenvalue weighted by Crippen LogP contribution is 2.33. The second kappa shape index (κ2) is 13.0. The summed E-state index contributed by atoms with van der Waals surface area (Å²) >= 11 is 6.77. The third kappa shape index (κ3) is 7.64. The molecule has 1 N–H and O–H groups in total. The molecule has 0 atom stereocenters. The smallest absolute Gasteiger partial charge is 0.303 e. The van der Waals surface area contributed by atoms with Crippen molar-refractivity contribution < 1.29 is 23.8 Å². The van der Waals surface area contributed by atoms with Crippen LogP contribution in [0.4, 0.5) is 5.88 Å². The summed E-state index contributed by atoms with van der Waals surface area (Å²) in [6.45, 7) is 3.65. The quantitative estimate of drug-likeness (QED) is 0.242. The summed E-state index contributed by atoms with van der Waals surface area (Å²) in [6.07, 6.45) is 10.3. The third-order valence-corrected chi connectivity index (χ3v) is 6.98. The van der Waals surface area contributed by atoms with Crippen LogP contribution in [-0.4, -0.2) is 59.1 Å². The first kappa shape index (κ1) is 24.8. The lowest BCUT2D eigenvalue weighted by Crippen LogP contribution is -2.35. The first-order valence-corrected chi connectivity index (χ1v) is 12.7. The molecule has 3 heterocycles. The number of carboxylic acid groups (broad SMARTS) is 1. The molecule has 2 aliphatic heterocycles. The fraction of sp³-hybridized carbons (Fsp3) is 0.609. The second-order valence-electron chi connectivity index (χ2n) is 8.08. The van der Waals surface area contributed by atoms with Crippen LogP contribution in [0, 0.1) is 0 Å². The zero-order valence-corrected chi connectivity index (χ0v) is 20.1. The van der Waals surface area contributed by atoms with Crippen LogP contribution >= 0.6 is 24.0 Å². The minimum Gasteiger partial charge on any atom is -0.481 e. The molecule has 1 amide bonds. The Morgan fingerprint density at radius 1 is 1.06 bits per heavy atom. The van der Waals surface area contributed by atoms with Gasteiger partial charge in [-0.2, -0.15) is 0 Å². The van der Waals surface area contributed by atoms with Crippen LogP contribution in [0.1, 0.15) is 63.5 Å². The van der Waals surface area contributed by atoms with Crippen LogP contribution in [-0.2, 0) is 14.3 Å². The van der Waals surface area contributed by atoms with Crippen molar-refractivity contribution in [2.75, 3.05) is 37.7 Å². The normalized spacial score (nSPS) is 18.2. The summed E-state index contributed by atoms with van der Waals surface area (Å²) in [5.74, 6) is 0.715. The number of aliphatic carboxylic acids is 1. The van der Waals surface area contributed by atoms with Crippen molar-refractivity contribution in [3.05, 3.63) is 22.8 Å². The molecule has 0 radical (unpaired) electrons. The van der Waals surface area contributed by atoms with Crippen molar-refractivity contribution in [1.29, 1.82) is 0 Å². The highest BCUT2D eigenvalue weighted by atomic mass is 32.2. The Balaban J connectivity index is 1.35. The fourth-order valence-corrected chi connectivity index (χ4v) is 5.09. The molecular weight excluding hydrogens is 448 g/mol. The van der Waals surface area contributed by atoms with Crippen LogP contribution in [0.5, 0.6) is 0 Å². The Kier molecular flexibility index (Phi) is 10.1. The van der Waals surface area contributed by atoms with Gasteiger partial charge in [0.15, 0.2) is 5.88 Å². The van der Waals surface area contributed by atoms with E-state index >= 15 is 0 Å². The number of nitrogens with zero attached hydrogens (tertiary/aromatic N) is 2. The number of furan rings is 1. The van der Waals surface area contributed by atoms with E-state index < -0.39 is 5.97 Å². The Morgan fingerprint density at radius 3 is 2.41 bits per heavy atom. The number of carbonyl (C=O) groups is 2. The van der Waals surface area contributed by atoms with Crippen LogP contribution in [0.3, 0.4) is 0 Å². The fourth-order valence-electron chi connectivity index (χ4n) is 3.80. The molecule has 7 nitrogen and oxygen atoms in total.